The fraction of sp³-hybridized carbons (Fsp3) is 0.0909. The number of aromatic amines is 1. The van der Waals surface area contributed by atoms with Crippen molar-refractivity contribution in [2.45, 2.75) is 0 Å². The van der Waals surface area contributed by atoms with E-state index < -0.39 is 0 Å². The molecule has 15 heavy (non-hydrogen) atoms. The lowest BCUT2D eigenvalue weighted by Gasteiger charge is -2.03. The molecule has 0 aliphatic rings. The van der Waals surface area contributed by atoms with Crippen molar-refractivity contribution in [3.05, 3.63) is 46.8 Å². The van der Waals surface area contributed by atoms with Gasteiger partial charge in [-0.1, -0.05) is 12.1 Å². The van der Waals surface area contributed by atoms with Crippen LogP contribution in [0.2, 0.25) is 0 Å². The fourth-order valence-electron chi connectivity index (χ4n) is 1.32. The number of H-pyrrole nitrogens is 1. The minimum Gasteiger partial charge on any atom is -0.497 e. The van der Waals surface area contributed by atoms with Crippen LogP contribution in [-0.2, 0) is 0 Å². The van der Waals surface area contributed by atoms with Crippen molar-refractivity contribution in [1.82, 2.24) is 10.2 Å². The van der Waals surface area contributed by atoms with Gasteiger partial charge >= 0.3 is 0 Å². The molecule has 0 amide bonds. The Morgan fingerprint density at radius 1 is 1.33 bits per heavy atom. The Morgan fingerprint density at radius 3 is 2.93 bits per heavy atom. The van der Waals surface area contributed by atoms with E-state index >= 15 is 0 Å². The maximum atomic E-state index is 11.1. The molecule has 0 saturated heterocycles. The van der Waals surface area contributed by atoms with E-state index in [0.29, 0.717) is 5.69 Å². The molecule has 76 valence electrons. The van der Waals surface area contributed by atoms with Gasteiger partial charge in [-0.25, -0.2) is 0 Å². The summed E-state index contributed by atoms with van der Waals surface area (Å²) in [6, 6.07) is 8.93. The molecular weight excluding hydrogens is 192 g/mol. The Kier molecular flexibility index (Phi) is 2.49. The molecule has 2 rings (SSSR count). The zero-order valence-electron chi connectivity index (χ0n) is 8.23. The normalized spacial score (nSPS) is 9.93. The molecule has 0 bridgehead atoms. The molecule has 0 aliphatic carbocycles. The van der Waals surface area contributed by atoms with Crippen molar-refractivity contribution in [2.24, 2.45) is 0 Å². The van der Waals surface area contributed by atoms with Gasteiger partial charge in [-0.15, -0.1) is 0 Å². The summed E-state index contributed by atoms with van der Waals surface area (Å²) in [7, 11) is 1.60. The standard InChI is InChI=1S/C11H10N2O2/c1-15-10-4-2-3-8(5-10)11-6-9(14)7-12-13-11/h2-7H,1H3,(H,13,14). The molecule has 1 N–H and O–H groups in total. The van der Waals surface area contributed by atoms with Gasteiger partial charge in [-0.2, -0.15) is 5.10 Å². The molecule has 0 aliphatic heterocycles. The van der Waals surface area contributed by atoms with Crippen LogP contribution in [0.1, 0.15) is 0 Å². The Morgan fingerprint density at radius 2 is 2.20 bits per heavy atom. The minimum atomic E-state index is -0.119. The third kappa shape index (κ3) is 2.04. The molecule has 0 atom stereocenters. The number of nitrogens with one attached hydrogen (secondary N) is 1. The predicted octanol–water partition coefficient (Wildman–Crippen LogP) is 1.45. The molecule has 0 unspecified atom stereocenters. The smallest absolute Gasteiger partial charge is 0.200 e. The highest BCUT2D eigenvalue weighted by Crippen LogP contribution is 2.20. The molecule has 0 spiro atoms. The first-order valence-electron chi connectivity index (χ1n) is 4.49. The van der Waals surface area contributed by atoms with Crippen LogP contribution in [0.3, 0.4) is 0 Å². The molecule has 4 nitrogen and oxygen atoms in total. The van der Waals surface area contributed by atoms with Gasteiger partial charge < -0.3 is 4.74 Å². The molecule has 1 heterocycles. The average molecular weight is 202 g/mol. The maximum absolute atomic E-state index is 11.1. The van der Waals surface area contributed by atoms with Gasteiger partial charge in [0.15, 0.2) is 0 Å². The number of hydrogen-bond acceptors (Lipinski definition) is 3. The molecule has 1 aromatic heterocycles. The van der Waals surface area contributed by atoms with Crippen LogP contribution in [0.15, 0.2) is 41.3 Å². The summed E-state index contributed by atoms with van der Waals surface area (Å²) in [6.45, 7) is 0. The highest BCUT2D eigenvalue weighted by atomic mass is 16.5. The zero-order chi connectivity index (χ0) is 10.7. The predicted molar refractivity (Wildman–Crippen MR) is 56.8 cm³/mol. The second kappa shape index (κ2) is 3.96. The first-order valence-corrected chi connectivity index (χ1v) is 4.49. The number of rotatable bonds is 2. The average Bonchev–Trinajstić information content (AvgIpc) is 2.29. The maximum Gasteiger partial charge on any atom is 0.200 e. The van der Waals surface area contributed by atoms with Gasteiger partial charge in [0.1, 0.15) is 5.75 Å². The van der Waals surface area contributed by atoms with Crippen LogP contribution in [0.5, 0.6) is 5.75 Å². The molecule has 4 heteroatoms. The summed E-state index contributed by atoms with van der Waals surface area (Å²) in [6.07, 6.45) is 1.24. The monoisotopic (exact) mass is 202 g/mol. The first-order chi connectivity index (χ1) is 7.29. The molecule has 0 radical (unpaired) electrons. The Hall–Kier alpha value is -2.10. The number of hydrogen-bond donors (Lipinski definition) is 1. The van der Waals surface area contributed by atoms with Crippen LogP contribution in [0.4, 0.5) is 0 Å². The highest BCUT2D eigenvalue weighted by Gasteiger charge is 2.00. The summed E-state index contributed by atoms with van der Waals surface area (Å²) in [5, 5.41) is 6.51. The van der Waals surface area contributed by atoms with Crippen molar-refractivity contribution in [1.29, 1.82) is 0 Å². The van der Waals surface area contributed by atoms with Crippen molar-refractivity contribution >= 4 is 0 Å². The van der Waals surface area contributed by atoms with Crippen LogP contribution in [-0.4, -0.2) is 17.3 Å². The van der Waals surface area contributed by atoms with Gasteiger partial charge in [-0.3, -0.25) is 9.89 Å². The van der Waals surface area contributed by atoms with Gasteiger partial charge in [-0.05, 0) is 12.1 Å². The van der Waals surface area contributed by atoms with Crippen LogP contribution >= 0.6 is 0 Å². The largest absolute Gasteiger partial charge is 0.497 e. The summed E-state index contributed by atoms with van der Waals surface area (Å²) >= 11 is 0. The zero-order valence-corrected chi connectivity index (χ0v) is 8.23. The summed E-state index contributed by atoms with van der Waals surface area (Å²) in [4.78, 5) is 11.1. The van der Waals surface area contributed by atoms with Gasteiger partial charge in [0, 0.05) is 11.6 Å². The second-order valence-corrected chi connectivity index (χ2v) is 3.06. The Balaban J connectivity index is 2.49. The number of benzene rings is 1. The van der Waals surface area contributed by atoms with Gasteiger partial charge in [0.2, 0.25) is 5.43 Å². The van der Waals surface area contributed by atoms with Crippen molar-refractivity contribution < 1.29 is 4.74 Å². The molecule has 1 aromatic carbocycles. The van der Waals surface area contributed by atoms with Gasteiger partial charge in [0.05, 0.1) is 19.0 Å². The summed E-state index contributed by atoms with van der Waals surface area (Å²) in [5.41, 5.74) is 1.44. The topological polar surface area (TPSA) is 55.0 Å². The molecule has 0 saturated carbocycles. The Bertz CT molecular complexity index is 520. The van der Waals surface area contributed by atoms with E-state index in [-0.39, 0.29) is 5.43 Å². The number of methoxy groups -OCH3 is 1. The molecule has 2 aromatic rings. The van der Waals surface area contributed by atoms with E-state index in [1.807, 2.05) is 24.3 Å². The highest BCUT2D eigenvalue weighted by molar-refractivity contribution is 5.60. The van der Waals surface area contributed by atoms with Gasteiger partial charge in [0.25, 0.3) is 0 Å². The van der Waals surface area contributed by atoms with Crippen LogP contribution < -0.4 is 10.2 Å². The summed E-state index contributed by atoms with van der Waals surface area (Å²) < 4.78 is 5.09. The quantitative estimate of drug-likeness (QED) is 0.801. The lowest BCUT2D eigenvalue weighted by Crippen LogP contribution is -2.01. The number of aromatic nitrogens is 2. The number of ether oxygens (including phenoxy) is 1. The van der Waals surface area contributed by atoms with E-state index in [0.717, 1.165) is 11.3 Å². The minimum absolute atomic E-state index is 0.119. The summed E-state index contributed by atoms with van der Waals surface area (Å²) in [5.74, 6) is 0.747. The SMILES string of the molecule is COc1cccc(-c2cc(=O)cn[nH]2)c1. The van der Waals surface area contributed by atoms with Crippen molar-refractivity contribution in [3.8, 4) is 17.0 Å². The van der Waals surface area contributed by atoms with Crippen LogP contribution in [0, 0.1) is 0 Å². The van der Waals surface area contributed by atoms with E-state index in [4.69, 9.17) is 4.74 Å². The number of nitrogens with zero attached hydrogens (tertiary/aromatic N) is 1. The molecule has 0 fully saturated rings. The Labute approximate surface area is 86.5 Å². The lowest BCUT2D eigenvalue weighted by atomic mass is 10.1. The van der Waals surface area contributed by atoms with Crippen molar-refractivity contribution in [2.75, 3.05) is 7.11 Å². The third-order valence-electron chi connectivity index (χ3n) is 2.04. The fourth-order valence-corrected chi connectivity index (χ4v) is 1.32. The van der Waals surface area contributed by atoms with E-state index in [1.165, 1.54) is 12.3 Å². The van der Waals surface area contributed by atoms with Crippen LogP contribution in [0.25, 0.3) is 11.3 Å². The lowest BCUT2D eigenvalue weighted by molar-refractivity contribution is 0.415. The first kappa shape index (κ1) is 9.45. The molecular formula is C11H10N2O2. The second-order valence-electron chi connectivity index (χ2n) is 3.06. The van der Waals surface area contributed by atoms with E-state index in [2.05, 4.69) is 10.2 Å². The van der Waals surface area contributed by atoms with E-state index in [9.17, 15) is 4.79 Å². The van der Waals surface area contributed by atoms with E-state index in [1.54, 1.807) is 7.11 Å². The third-order valence-corrected chi connectivity index (χ3v) is 2.04. The van der Waals surface area contributed by atoms with Crippen molar-refractivity contribution in [3.63, 3.8) is 0 Å².